The van der Waals surface area contributed by atoms with E-state index in [-0.39, 0.29) is 12.1 Å². The maximum absolute atomic E-state index is 11.7. The number of carbonyl (C=O) groups excluding carboxylic acids is 1. The van der Waals surface area contributed by atoms with Gasteiger partial charge in [0.1, 0.15) is 5.60 Å². The standard InChI is InChI=1S/C19H33N3O2/c1-5-13-22(15-16-9-7-6-8-10-16)17(14-20)11-12-21-18(23)24-19(2,3)4/h6-10,17H,5,11-15,20H2,1-4H3,(H,21,23). The fourth-order valence-corrected chi connectivity index (χ4v) is 2.60. The molecule has 0 fully saturated rings. The quantitative estimate of drug-likeness (QED) is 0.727. The summed E-state index contributed by atoms with van der Waals surface area (Å²) in [5.74, 6) is 0. The Bertz CT molecular complexity index is 471. The molecular weight excluding hydrogens is 302 g/mol. The van der Waals surface area contributed by atoms with Gasteiger partial charge in [-0.15, -0.1) is 0 Å². The number of ether oxygens (including phenoxy) is 1. The Morgan fingerprint density at radius 3 is 2.50 bits per heavy atom. The van der Waals surface area contributed by atoms with E-state index in [2.05, 4.69) is 41.4 Å². The van der Waals surface area contributed by atoms with Crippen LogP contribution >= 0.6 is 0 Å². The van der Waals surface area contributed by atoms with Crippen molar-refractivity contribution in [1.29, 1.82) is 0 Å². The molecule has 1 atom stereocenters. The van der Waals surface area contributed by atoms with Crippen LogP contribution in [0.4, 0.5) is 4.79 Å². The molecule has 136 valence electrons. The predicted octanol–water partition coefficient (Wildman–Crippen LogP) is 3.14. The summed E-state index contributed by atoms with van der Waals surface area (Å²) in [7, 11) is 0. The van der Waals surface area contributed by atoms with E-state index in [4.69, 9.17) is 10.5 Å². The molecule has 1 aromatic carbocycles. The van der Waals surface area contributed by atoms with Gasteiger partial charge in [-0.1, -0.05) is 37.3 Å². The summed E-state index contributed by atoms with van der Waals surface area (Å²) >= 11 is 0. The highest BCUT2D eigenvalue weighted by atomic mass is 16.6. The van der Waals surface area contributed by atoms with Crippen LogP contribution in [0.2, 0.25) is 0 Å². The third kappa shape index (κ3) is 8.31. The first kappa shape index (κ1) is 20.5. The van der Waals surface area contributed by atoms with Crippen molar-refractivity contribution >= 4 is 6.09 Å². The fraction of sp³-hybridized carbons (Fsp3) is 0.632. The zero-order chi connectivity index (χ0) is 18.0. The average molecular weight is 335 g/mol. The van der Waals surface area contributed by atoms with Gasteiger partial charge >= 0.3 is 6.09 Å². The number of benzene rings is 1. The fourth-order valence-electron chi connectivity index (χ4n) is 2.60. The zero-order valence-electron chi connectivity index (χ0n) is 15.5. The van der Waals surface area contributed by atoms with Crippen LogP contribution in [0.25, 0.3) is 0 Å². The molecule has 5 nitrogen and oxygen atoms in total. The second-order valence-corrected chi connectivity index (χ2v) is 7.06. The number of hydrogen-bond donors (Lipinski definition) is 2. The molecule has 1 amide bonds. The monoisotopic (exact) mass is 335 g/mol. The average Bonchev–Trinajstić information content (AvgIpc) is 2.50. The third-order valence-corrected chi connectivity index (χ3v) is 3.67. The van der Waals surface area contributed by atoms with Gasteiger partial charge in [0.25, 0.3) is 0 Å². The summed E-state index contributed by atoms with van der Waals surface area (Å²) in [5, 5.41) is 2.82. The van der Waals surface area contributed by atoms with Crippen molar-refractivity contribution in [1.82, 2.24) is 10.2 Å². The van der Waals surface area contributed by atoms with Gasteiger partial charge in [-0.2, -0.15) is 0 Å². The van der Waals surface area contributed by atoms with Crippen LogP contribution in [0.3, 0.4) is 0 Å². The molecule has 5 heteroatoms. The molecule has 0 aliphatic carbocycles. The lowest BCUT2D eigenvalue weighted by atomic mass is 10.1. The van der Waals surface area contributed by atoms with Gasteiger partial charge in [0.05, 0.1) is 0 Å². The minimum atomic E-state index is -0.473. The molecule has 0 bridgehead atoms. The highest BCUT2D eigenvalue weighted by Gasteiger charge is 2.19. The number of alkyl carbamates (subject to hydrolysis) is 1. The van der Waals surface area contributed by atoms with Gasteiger partial charge in [-0.25, -0.2) is 4.79 Å². The highest BCUT2D eigenvalue weighted by Crippen LogP contribution is 2.11. The molecule has 0 aliphatic rings. The van der Waals surface area contributed by atoms with Gasteiger partial charge in [0.15, 0.2) is 0 Å². The van der Waals surface area contributed by atoms with Crippen LogP contribution in [0.5, 0.6) is 0 Å². The lowest BCUT2D eigenvalue weighted by molar-refractivity contribution is 0.0521. The van der Waals surface area contributed by atoms with Gasteiger partial charge in [0.2, 0.25) is 0 Å². The van der Waals surface area contributed by atoms with Crippen LogP contribution < -0.4 is 11.1 Å². The minimum Gasteiger partial charge on any atom is -0.444 e. The van der Waals surface area contributed by atoms with Crippen molar-refractivity contribution in [3.63, 3.8) is 0 Å². The van der Waals surface area contributed by atoms with Gasteiger partial charge in [-0.3, -0.25) is 4.90 Å². The normalized spacial score (nSPS) is 12.9. The summed E-state index contributed by atoms with van der Waals surface area (Å²) < 4.78 is 5.26. The van der Waals surface area contributed by atoms with Gasteiger partial charge in [-0.05, 0) is 45.7 Å². The maximum atomic E-state index is 11.7. The second kappa shape index (κ2) is 10.3. The number of hydrogen-bond acceptors (Lipinski definition) is 4. The van der Waals surface area contributed by atoms with Crippen molar-refractivity contribution in [2.75, 3.05) is 19.6 Å². The molecule has 3 N–H and O–H groups in total. The molecule has 0 heterocycles. The van der Waals surface area contributed by atoms with E-state index in [1.165, 1.54) is 5.56 Å². The second-order valence-electron chi connectivity index (χ2n) is 7.06. The lowest BCUT2D eigenvalue weighted by Crippen LogP contribution is -2.43. The first-order valence-corrected chi connectivity index (χ1v) is 8.80. The smallest absolute Gasteiger partial charge is 0.407 e. The van der Waals surface area contributed by atoms with Gasteiger partial charge in [0, 0.05) is 25.7 Å². The first-order valence-electron chi connectivity index (χ1n) is 8.80. The molecule has 0 saturated carbocycles. The molecule has 0 saturated heterocycles. The Morgan fingerprint density at radius 2 is 1.96 bits per heavy atom. The van der Waals surface area contributed by atoms with E-state index in [0.717, 1.165) is 25.9 Å². The van der Waals surface area contributed by atoms with E-state index < -0.39 is 5.60 Å². The third-order valence-electron chi connectivity index (χ3n) is 3.67. The van der Waals surface area contributed by atoms with Crippen LogP contribution in [-0.2, 0) is 11.3 Å². The SMILES string of the molecule is CCCN(Cc1ccccc1)C(CN)CCNC(=O)OC(C)(C)C. The van der Waals surface area contributed by atoms with Crippen molar-refractivity contribution in [3.05, 3.63) is 35.9 Å². The molecule has 24 heavy (non-hydrogen) atoms. The van der Waals surface area contributed by atoms with E-state index in [1.807, 2.05) is 26.8 Å². The minimum absolute atomic E-state index is 0.236. The number of nitrogens with one attached hydrogen (secondary N) is 1. The molecule has 1 aromatic rings. The number of carbonyl (C=O) groups is 1. The Balaban J connectivity index is 2.52. The Morgan fingerprint density at radius 1 is 1.29 bits per heavy atom. The van der Waals surface area contributed by atoms with Crippen molar-refractivity contribution in [2.24, 2.45) is 5.73 Å². The summed E-state index contributed by atoms with van der Waals surface area (Å²) in [5.41, 5.74) is 6.80. The van der Waals surface area contributed by atoms with E-state index in [1.54, 1.807) is 0 Å². The predicted molar refractivity (Wildman–Crippen MR) is 98.8 cm³/mol. The zero-order valence-corrected chi connectivity index (χ0v) is 15.5. The lowest BCUT2D eigenvalue weighted by Gasteiger charge is -2.31. The summed E-state index contributed by atoms with van der Waals surface area (Å²) in [4.78, 5) is 14.1. The van der Waals surface area contributed by atoms with Crippen molar-refractivity contribution < 1.29 is 9.53 Å². The molecule has 1 unspecified atom stereocenters. The van der Waals surface area contributed by atoms with Crippen molar-refractivity contribution in [2.45, 2.75) is 58.7 Å². The topological polar surface area (TPSA) is 67.6 Å². The van der Waals surface area contributed by atoms with Crippen LogP contribution in [-0.4, -0.2) is 42.3 Å². The summed E-state index contributed by atoms with van der Waals surface area (Å²) in [6, 6.07) is 10.6. The summed E-state index contributed by atoms with van der Waals surface area (Å²) in [6.07, 6.45) is 1.51. The Kier molecular flexibility index (Phi) is 8.79. The number of nitrogens with zero attached hydrogens (tertiary/aromatic N) is 1. The molecule has 0 aromatic heterocycles. The number of rotatable bonds is 9. The Labute approximate surface area is 146 Å². The number of nitrogens with two attached hydrogens (primary N) is 1. The molecule has 0 radical (unpaired) electrons. The van der Waals surface area contributed by atoms with Crippen LogP contribution in [0.15, 0.2) is 30.3 Å². The first-order chi connectivity index (χ1) is 11.4. The van der Waals surface area contributed by atoms with Crippen molar-refractivity contribution in [3.8, 4) is 0 Å². The molecular formula is C19H33N3O2. The molecule has 0 aliphatic heterocycles. The van der Waals surface area contributed by atoms with Crippen LogP contribution in [0, 0.1) is 0 Å². The van der Waals surface area contributed by atoms with Crippen LogP contribution in [0.1, 0.15) is 46.1 Å². The molecule has 0 spiro atoms. The number of amides is 1. The van der Waals surface area contributed by atoms with E-state index in [0.29, 0.717) is 13.1 Å². The largest absolute Gasteiger partial charge is 0.444 e. The Hall–Kier alpha value is -1.59. The maximum Gasteiger partial charge on any atom is 0.407 e. The van der Waals surface area contributed by atoms with E-state index in [9.17, 15) is 4.79 Å². The molecule has 1 rings (SSSR count). The highest BCUT2D eigenvalue weighted by molar-refractivity contribution is 5.67. The van der Waals surface area contributed by atoms with E-state index >= 15 is 0 Å². The van der Waals surface area contributed by atoms with Gasteiger partial charge < -0.3 is 15.8 Å². The summed E-state index contributed by atoms with van der Waals surface area (Å²) in [6.45, 7) is 10.7.